The summed E-state index contributed by atoms with van der Waals surface area (Å²) in [6.45, 7) is 10.1. The van der Waals surface area contributed by atoms with Crippen LogP contribution in [0.2, 0.25) is 0 Å². The molecule has 7 heteroatoms. The van der Waals surface area contributed by atoms with Gasteiger partial charge in [-0.25, -0.2) is 0 Å². The van der Waals surface area contributed by atoms with Crippen LogP contribution in [0.15, 0.2) is 12.1 Å². The zero-order valence-corrected chi connectivity index (χ0v) is 16.6. The predicted octanol–water partition coefficient (Wildman–Crippen LogP) is 1.84. The Bertz CT molecular complexity index is 852. The molecule has 0 spiro atoms. The van der Waals surface area contributed by atoms with Gasteiger partial charge in [0.05, 0.1) is 17.1 Å². The van der Waals surface area contributed by atoms with E-state index >= 15 is 0 Å². The fourth-order valence-corrected chi connectivity index (χ4v) is 3.89. The molecule has 27 heavy (non-hydrogen) atoms. The lowest BCUT2D eigenvalue weighted by molar-refractivity contribution is -0.134. The number of piperazine rings is 1. The van der Waals surface area contributed by atoms with Crippen molar-refractivity contribution in [3.63, 3.8) is 0 Å². The van der Waals surface area contributed by atoms with Crippen molar-refractivity contribution in [1.29, 1.82) is 0 Å². The van der Waals surface area contributed by atoms with Gasteiger partial charge in [0, 0.05) is 50.7 Å². The number of piperidine rings is 1. The molecule has 1 aromatic carbocycles. The fraction of sp³-hybridized carbons (Fsp3) is 0.550. The number of amides is 2. The number of fused-ring (bicyclic) bond motifs is 1. The maximum Gasteiger partial charge on any atom is 0.235 e. The number of carbonyl (C=O) groups excluding carboxylic acids is 2. The number of rotatable bonds is 2. The van der Waals surface area contributed by atoms with Gasteiger partial charge in [-0.2, -0.15) is 5.10 Å². The number of carbonyl (C=O) groups is 2. The third-order valence-corrected chi connectivity index (χ3v) is 5.22. The molecule has 1 atom stereocenters. The van der Waals surface area contributed by atoms with Crippen molar-refractivity contribution in [2.75, 3.05) is 31.1 Å². The second-order valence-electron chi connectivity index (χ2n) is 6.91. The van der Waals surface area contributed by atoms with Crippen molar-refractivity contribution < 1.29 is 9.59 Å². The summed E-state index contributed by atoms with van der Waals surface area (Å²) in [5.74, 6) is -0.787. The minimum atomic E-state index is -0.356. The van der Waals surface area contributed by atoms with Gasteiger partial charge >= 0.3 is 0 Å². The first-order valence-electron chi connectivity index (χ1n) is 9.81. The number of nitrogens with zero attached hydrogens (tertiary/aromatic N) is 3. The lowest BCUT2D eigenvalue weighted by atomic mass is 9.92. The van der Waals surface area contributed by atoms with Crippen LogP contribution in [0.3, 0.4) is 0 Å². The van der Waals surface area contributed by atoms with E-state index in [2.05, 4.69) is 39.7 Å². The molecule has 2 amide bonds. The summed E-state index contributed by atoms with van der Waals surface area (Å²) in [4.78, 5) is 26.1. The second kappa shape index (κ2) is 8.08. The third-order valence-electron chi connectivity index (χ3n) is 5.22. The Morgan fingerprint density at radius 3 is 2.52 bits per heavy atom. The molecular formula is C20H29N5O2. The third kappa shape index (κ3) is 3.69. The van der Waals surface area contributed by atoms with Gasteiger partial charge in [0.1, 0.15) is 0 Å². The Balaban J connectivity index is 0.00000102. The van der Waals surface area contributed by atoms with Crippen molar-refractivity contribution in [1.82, 2.24) is 20.4 Å². The predicted molar refractivity (Wildman–Crippen MR) is 107 cm³/mol. The summed E-state index contributed by atoms with van der Waals surface area (Å²) in [5.41, 5.74) is 4.22. The molecule has 0 radical (unpaired) electrons. The van der Waals surface area contributed by atoms with Gasteiger partial charge < -0.3 is 10.2 Å². The topological polar surface area (TPSA) is 79.3 Å². The molecule has 146 valence electrons. The monoisotopic (exact) mass is 371 g/mol. The van der Waals surface area contributed by atoms with Crippen LogP contribution >= 0.6 is 0 Å². The smallest absolute Gasteiger partial charge is 0.235 e. The highest BCUT2D eigenvalue weighted by Gasteiger charge is 2.32. The van der Waals surface area contributed by atoms with Crippen molar-refractivity contribution in [3.8, 4) is 0 Å². The largest absolute Gasteiger partial charge is 0.369 e. The van der Waals surface area contributed by atoms with E-state index in [-0.39, 0.29) is 17.7 Å². The van der Waals surface area contributed by atoms with Crippen LogP contribution in [0.25, 0.3) is 10.9 Å². The van der Waals surface area contributed by atoms with Gasteiger partial charge in [-0.3, -0.25) is 19.6 Å². The number of anilines is 1. The fourth-order valence-electron chi connectivity index (χ4n) is 3.89. The SMILES string of the molecule is CC.Cc1cc2c(C3CCC(=O)NC3=O)nn(C)c2cc1N1CCNCC1. The molecule has 2 aliphatic heterocycles. The second-order valence-corrected chi connectivity index (χ2v) is 6.91. The van der Waals surface area contributed by atoms with Crippen LogP contribution in [0.4, 0.5) is 5.69 Å². The minimum Gasteiger partial charge on any atom is -0.369 e. The van der Waals surface area contributed by atoms with E-state index in [1.165, 1.54) is 11.3 Å². The van der Waals surface area contributed by atoms with Crippen LogP contribution in [0, 0.1) is 6.92 Å². The van der Waals surface area contributed by atoms with Gasteiger partial charge in [-0.05, 0) is 31.0 Å². The van der Waals surface area contributed by atoms with Crippen molar-refractivity contribution in [2.45, 2.75) is 39.5 Å². The van der Waals surface area contributed by atoms with Crippen LogP contribution < -0.4 is 15.5 Å². The highest BCUT2D eigenvalue weighted by molar-refractivity contribution is 6.02. The minimum absolute atomic E-state index is 0.196. The Morgan fingerprint density at radius 2 is 1.85 bits per heavy atom. The summed E-state index contributed by atoms with van der Waals surface area (Å²) >= 11 is 0. The molecule has 0 aliphatic carbocycles. The Kier molecular flexibility index (Phi) is 5.79. The molecule has 4 rings (SSSR count). The van der Waals surface area contributed by atoms with Crippen molar-refractivity contribution >= 4 is 28.4 Å². The summed E-state index contributed by atoms with van der Waals surface area (Å²) in [6, 6.07) is 4.32. The first-order chi connectivity index (χ1) is 13.0. The lowest BCUT2D eigenvalue weighted by Gasteiger charge is -2.30. The molecule has 2 saturated heterocycles. The standard InChI is InChI=1S/C18H23N5O2.C2H6/c1-11-9-13-15(10-14(11)23-7-5-19-6-8-23)22(2)21-17(13)12-3-4-16(24)20-18(12)25;1-2/h9-10,12,19H,3-8H2,1-2H3,(H,20,24,25);1-2H3. The van der Waals surface area contributed by atoms with E-state index in [0.29, 0.717) is 12.8 Å². The molecule has 7 nitrogen and oxygen atoms in total. The molecule has 2 aliphatic rings. The normalized spacial score (nSPS) is 20.3. The maximum atomic E-state index is 12.3. The molecule has 1 unspecified atom stereocenters. The molecule has 2 N–H and O–H groups in total. The molecular weight excluding hydrogens is 342 g/mol. The number of hydrogen-bond acceptors (Lipinski definition) is 5. The Morgan fingerprint density at radius 1 is 1.15 bits per heavy atom. The maximum absolute atomic E-state index is 12.3. The summed E-state index contributed by atoms with van der Waals surface area (Å²) < 4.78 is 1.85. The van der Waals surface area contributed by atoms with Crippen molar-refractivity contribution in [2.24, 2.45) is 7.05 Å². The van der Waals surface area contributed by atoms with E-state index in [4.69, 9.17) is 0 Å². The number of aryl methyl sites for hydroxylation is 2. The van der Waals surface area contributed by atoms with Gasteiger partial charge in [-0.15, -0.1) is 0 Å². The average molecular weight is 371 g/mol. The number of imide groups is 1. The van der Waals surface area contributed by atoms with Gasteiger partial charge in [0.2, 0.25) is 11.8 Å². The van der Waals surface area contributed by atoms with E-state index in [1.54, 1.807) is 0 Å². The van der Waals surface area contributed by atoms with Gasteiger partial charge in [0.25, 0.3) is 0 Å². The van der Waals surface area contributed by atoms with Gasteiger partial charge in [0.15, 0.2) is 0 Å². The summed E-state index contributed by atoms with van der Waals surface area (Å²) in [6.07, 6.45) is 0.891. The van der Waals surface area contributed by atoms with Crippen LogP contribution in [0.1, 0.15) is 43.9 Å². The highest BCUT2D eigenvalue weighted by atomic mass is 16.2. The van der Waals surface area contributed by atoms with Crippen LogP contribution in [0.5, 0.6) is 0 Å². The van der Waals surface area contributed by atoms with E-state index in [1.807, 2.05) is 25.6 Å². The summed E-state index contributed by atoms with van der Waals surface area (Å²) in [7, 11) is 1.91. The Labute approximate surface area is 160 Å². The van der Waals surface area contributed by atoms with E-state index in [0.717, 1.165) is 42.8 Å². The molecule has 1 aromatic heterocycles. The summed E-state index contributed by atoms with van der Waals surface area (Å²) in [5, 5.41) is 11.5. The molecule has 0 bridgehead atoms. The van der Waals surface area contributed by atoms with E-state index in [9.17, 15) is 9.59 Å². The molecule has 3 heterocycles. The Hall–Kier alpha value is -2.41. The molecule has 2 fully saturated rings. The zero-order valence-electron chi connectivity index (χ0n) is 16.6. The lowest BCUT2D eigenvalue weighted by Crippen LogP contribution is -2.43. The number of aromatic nitrogens is 2. The zero-order chi connectivity index (χ0) is 19.6. The average Bonchev–Trinajstić information content (AvgIpc) is 2.99. The van der Waals surface area contributed by atoms with E-state index < -0.39 is 0 Å². The van der Waals surface area contributed by atoms with Gasteiger partial charge in [-0.1, -0.05) is 13.8 Å². The molecule has 0 saturated carbocycles. The highest BCUT2D eigenvalue weighted by Crippen LogP contribution is 2.34. The van der Waals surface area contributed by atoms with Crippen LogP contribution in [-0.4, -0.2) is 47.8 Å². The number of nitrogens with one attached hydrogen (secondary N) is 2. The molecule has 2 aromatic rings. The number of hydrogen-bond donors (Lipinski definition) is 2. The number of benzene rings is 1. The first-order valence-corrected chi connectivity index (χ1v) is 9.81. The van der Waals surface area contributed by atoms with Crippen LogP contribution in [-0.2, 0) is 16.6 Å². The van der Waals surface area contributed by atoms with Crippen molar-refractivity contribution in [3.05, 3.63) is 23.4 Å². The quantitative estimate of drug-likeness (QED) is 0.788. The first kappa shape index (κ1) is 19.4.